The maximum Gasteiger partial charge on any atom is 0.261 e. The highest BCUT2D eigenvalue weighted by Crippen LogP contribution is 2.46. The van der Waals surface area contributed by atoms with E-state index < -0.39 is 17.7 Å². The van der Waals surface area contributed by atoms with Crippen molar-refractivity contribution in [3.63, 3.8) is 0 Å². The van der Waals surface area contributed by atoms with Gasteiger partial charge in [-0.15, -0.1) is 0 Å². The Kier molecular flexibility index (Phi) is 5.34. The molecule has 180 valence electrons. The first-order valence-corrected chi connectivity index (χ1v) is 11.5. The number of carbonyl (C=O) groups is 2. The van der Waals surface area contributed by atoms with Gasteiger partial charge in [-0.05, 0) is 66.6 Å². The average Bonchev–Trinajstić information content (AvgIpc) is 3.19. The third-order valence-corrected chi connectivity index (χ3v) is 6.77. The van der Waals surface area contributed by atoms with Crippen molar-refractivity contribution in [3.8, 4) is 0 Å². The minimum atomic E-state index is -1.01. The molecule has 8 heteroatoms. The summed E-state index contributed by atoms with van der Waals surface area (Å²) >= 11 is 0. The second-order valence-corrected chi connectivity index (χ2v) is 10.1. The lowest BCUT2D eigenvalue weighted by molar-refractivity contribution is -0.118. The molecule has 0 spiro atoms. The van der Waals surface area contributed by atoms with E-state index in [-0.39, 0.29) is 22.7 Å². The Bertz CT molecular complexity index is 1420. The van der Waals surface area contributed by atoms with Gasteiger partial charge in [0.15, 0.2) is 17.4 Å². The fourth-order valence-corrected chi connectivity index (χ4v) is 4.89. The van der Waals surface area contributed by atoms with E-state index in [1.807, 2.05) is 45.9 Å². The number of halogens is 2. The number of hydrogen-bond donors (Lipinski definition) is 2. The lowest BCUT2D eigenvalue weighted by atomic mass is 9.73. The predicted octanol–water partition coefficient (Wildman–Crippen LogP) is 5.69. The van der Waals surface area contributed by atoms with Gasteiger partial charge < -0.3 is 10.6 Å². The topological polar surface area (TPSA) is 76.0 Å². The highest BCUT2D eigenvalue weighted by Gasteiger charge is 2.42. The lowest BCUT2D eigenvalue weighted by Crippen LogP contribution is -2.37. The van der Waals surface area contributed by atoms with Crippen LogP contribution >= 0.6 is 0 Å². The molecule has 0 saturated heterocycles. The van der Waals surface area contributed by atoms with Crippen molar-refractivity contribution in [2.75, 3.05) is 10.6 Å². The number of anilines is 2. The number of amides is 1. The molecule has 1 aliphatic heterocycles. The first-order chi connectivity index (χ1) is 16.5. The molecule has 0 saturated carbocycles. The summed E-state index contributed by atoms with van der Waals surface area (Å²) in [6, 6.07) is 8.46. The van der Waals surface area contributed by atoms with Gasteiger partial charge in [0.2, 0.25) is 0 Å². The fourth-order valence-electron chi connectivity index (χ4n) is 4.89. The largest absolute Gasteiger partial charge is 0.343 e. The van der Waals surface area contributed by atoms with Crippen molar-refractivity contribution in [2.45, 2.75) is 46.6 Å². The first-order valence-electron chi connectivity index (χ1n) is 11.5. The number of hydrogen-bond acceptors (Lipinski definition) is 4. The van der Waals surface area contributed by atoms with Crippen LogP contribution < -0.4 is 10.6 Å². The summed E-state index contributed by atoms with van der Waals surface area (Å²) in [4.78, 5) is 26.5. The van der Waals surface area contributed by atoms with Gasteiger partial charge in [0.05, 0.1) is 6.20 Å². The number of aromatic nitrogens is 2. The number of ketones is 1. The summed E-state index contributed by atoms with van der Waals surface area (Å²) in [6.45, 7) is 7.97. The maximum atomic E-state index is 14.2. The quantitative estimate of drug-likeness (QED) is 0.509. The number of nitrogens with one attached hydrogen (secondary N) is 2. The summed E-state index contributed by atoms with van der Waals surface area (Å²) in [6.07, 6.45) is 2.32. The molecule has 0 radical (unpaired) electrons. The van der Waals surface area contributed by atoms with Crippen LogP contribution in [-0.4, -0.2) is 21.5 Å². The Labute approximate surface area is 202 Å². The summed E-state index contributed by atoms with van der Waals surface area (Å²) in [5, 5.41) is 10.6. The van der Waals surface area contributed by atoms with Crippen LogP contribution in [0.3, 0.4) is 0 Å². The standard InChI is InChI=1S/C27H26F2N4O2/c1-14-5-7-17(9-15(14)2)31-26(35)18-13-30-33-24(16-6-8-19(28)20(29)10-16)23-21(32-25(18)33)11-27(3,4)12-22(23)34/h5-10,13,24,32H,11-12H2,1-4H3,(H,31,35)/t24-/m1/s1. The van der Waals surface area contributed by atoms with Gasteiger partial charge >= 0.3 is 0 Å². The van der Waals surface area contributed by atoms with E-state index in [1.54, 1.807) is 0 Å². The van der Waals surface area contributed by atoms with Gasteiger partial charge in [-0.1, -0.05) is 26.0 Å². The van der Waals surface area contributed by atoms with Crippen LogP contribution in [0.4, 0.5) is 20.3 Å². The van der Waals surface area contributed by atoms with Crippen molar-refractivity contribution >= 4 is 23.2 Å². The second-order valence-electron chi connectivity index (χ2n) is 10.1. The van der Waals surface area contributed by atoms with Gasteiger partial charge in [-0.2, -0.15) is 5.10 Å². The molecule has 2 aromatic carbocycles. The van der Waals surface area contributed by atoms with Gasteiger partial charge in [0.1, 0.15) is 17.4 Å². The van der Waals surface area contributed by atoms with Crippen LogP contribution in [0.25, 0.3) is 0 Å². The Hall–Kier alpha value is -3.81. The zero-order valence-corrected chi connectivity index (χ0v) is 20.0. The smallest absolute Gasteiger partial charge is 0.261 e. The molecule has 2 heterocycles. The number of benzene rings is 2. The van der Waals surface area contributed by atoms with Crippen molar-refractivity contribution in [3.05, 3.63) is 87.8 Å². The Morgan fingerprint density at radius 1 is 1.09 bits per heavy atom. The highest BCUT2D eigenvalue weighted by atomic mass is 19.2. The van der Waals surface area contributed by atoms with Crippen LogP contribution in [0, 0.1) is 30.9 Å². The lowest BCUT2D eigenvalue weighted by Gasteiger charge is -2.39. The molecule has 1 aliphatic carbocycles. The number of allylic oxidation sites excluding steroid dienone is 2. The molecule has 1 aromatic heterocycles. The third kappa shape index (κ3) is 4.03. The van der Waals surface area contributed by atoms with E-state index in [1.165, 1.54) is 16.9 Å². The van der Waals surface area contributed by atoms with Gasteiger partial charge in [-0.25, -0.2) is 13.5 Å². The van der Waals surface area contributed by atoms with Crippen molar-refractivity contribution in [1.29, 1.82) is 0 Å². The molecule has 5 rings (SSSR count). The minimum absolute atomic E-state index is 0.0826. The fraction of sp³-hybridized carbons (Fsp3) is 0.296. The predicted molar refractivity (Wildman–Crippen MR) is 129 cm³/mol. The Morgan fingerprint density at radius 2 is 1.86 bits per heavy atom. The number of nitrogens with zero attached hydrogens (tertiary/aromatic N) is 2. The number of aryl methyl sites for hydroxylation is 2. The van der Waals surface area contributed by atoms with Crippen LogP contribution in [0.1, 0.15) is 59.8 Å². The summed E-state index contributed by atoms with van der Waals surface area (Å²) in [5.41, 5.74) is 4.35. The van der Waals surface area contributed by atoms with E-state index >= 15 is 0 Å². The average molecular weight is 477 g/mol. The SMILES string of the molecule is Cc1ccc(NC(=O)c2cnn3c2NC2=C(C(=O)CC(C)(C)C2)[C@H]3c2ccc(F)c(F)c2)cc1C. The zero-order valence-electron chi connectivity index (χ0n) is 20.0. The van der Waals surface area contributed by atoms with Crippen molar-refractivity contribution in [2.24, 2.45) is 5.41 Å². The van der Waals surface area contributed by atoms with E-state index in [0.29, 0.717) is 41.2 Å². The van der Waals surface area contributed by atoms with Gasteiger partial charge in [0, 0.05) is 23.4 Å². The summed E-state index contributed by atoms with van der Waals surface area (Å²) in [7, 11) is 0. The van der Waals surface area contributed by atoms with Gasteiger partial charge in [0.25, 0.3) is 5.91 Å². The molecule has 1 amide bonds. The van der Waals surface area contributed by atoms with Crippen molar-refractivity contribution in [1.82, 2.24) is 9.78 Å². The van der Waals surface area contributed by atoms with Crippen LogP contribution in [0.15, 0.2) is 53.9 Å². The zero-order chi connectivity index (χ0) is 25.1. The third-order valence-electron chi connectivity index (χ3n) is 6.77. The normalized spacial score (nSPS) is 18.6. The van der Waals surface area contributed by atoms with Crippen molar-refractivity contribution < 1.29 is 18.4 Å². The molecule has 3 aromatic rings. The molecule has 2 aliphatic rings. The molecule has 1 atom stereocenters. The molecule has 2 N–H and O–H groups in total. The molecule has 0 unspecified atom stereocenters. The van der Waals surface area contributed by atoms with Gasteiger partial charge in [-0.3, -0.25) is 9.59 Å². The number of carbonyl (C=O) groups excluding carboxylic acids is 2. The van der Waals surface area contributed by atoms with E-state index in [4.69, 9.17) is 0 Å². The Balaban J connectivity index is 1.60. The van der Waals surface area contributed by atoms with E-state index in [9.17, 15) is 18.4 Å². The minimum Gasteiger partial charge on any atom is -0.343 e. The van der Waals surface area contributed by atoms with Crippen LogP contribution in [0.2, 0.25) is 0 Å². The van der Waals surface area contributed by atoms with Crippen LogP contribution in [-0.2, 0) is 4.79 Å². The second kappa shape index (κ2) is 8.15. The summed E-state index contributed by atoms with van der Waals surface area (Å²) < 4.78 is 29.4. The molecule has 0 fully saturated rings. The number of rotatable bonds is 3. The van der Waals surface area contributed by atoms with Crippen LogP contribution in [0.5, 0.6) is 0 Å². The molecule has 6 nitrogen and oxygen atoms in total. The molecule has 35 heavy (non-hydrogen) atoms. The maximum absolute atomic E-state index is 14.2. The number of Topliss-reactive ketones (excluding diaryl/α,β-unsaturated/α-hetero) is 1. The summed E-state index contributed by atoms with van der Waals surface area (Å²) in [5.74, 6) is -2.02. The molecular weight excluding hydrogens is 450 g/mol. The monoisotopic (exact) mass is 476 g/mol. The van der Waals surface area contributed by atoms with E-state index in [2.05, 4.69) is 15.7 Å². The number of fused-ring (bicyclic) bond motifs is 1. The van der Waals surface area contributed by atoms with E-state index in [0.717, 1.165) is 23.3 Å². The molecule has 0 bridgehead atoms. The highest BCUT2D eigenvalue weighted by molar-refractivity contribution is 6.08. The molecular formula is C27H26F2N4O2. The Morgan fingerprint density at radius 3 is 2.57 bits per heavy atom. The first kappa shape index (κ1) is 23.0.